The van der Waals surface area contributed by atoms with Crippen LogP contribution in [0.1, 0.15) is 25.8 Å². The van der Waals surface area contributed by atoms with Gasteiger partial charge < -0.3 is 10.2 Å². The molecule has 1 aromatic carbocycles. The maximum atomic E-state index is 11.9. The number of amides is 1. The molecule has 0 fully saturated rings. The van der Waals surface area contributed by atoms with E-state index in [4.69, 9.17) is 0 Å². The van der Waals surface area contributed by atoms with Gasteiger partial charge in [-0.15, -0.1) is 0 Å². The molecular formula is C13H18N2O. The highest BCUT2D eigenvalue weighted by atomic mass is 16.2. The van der Waals surface area contributed by atoms with Gasteiger partial charge in [0.1, 0.15) is 0 Å². The van der Waals surface area contributed by atoms with Gasteiger partial charge in [-0.3, -0.25) is 4.79 Å². The van der Waals surface area contributed by atoms with E-state index in [0.717, 1.165) is 17.8 Å². The van der Waals surface area contributed by atoms with E-state index < -0.39 is 0 Å². The van der Waals surface area contributed by atoms with Crippen molar-refractivity contribution in [1.29, 1.82) is 0 Å². The van der Waals surface area contributed by atoms with Crippen molar-refractivity contribution in [3.8, 4) is 0 Å². The summed E-state index contributed by atoms with van der Waals surface area (Å²) in [6.45, 7) is 4.15. The summed E-state index contributed by atoms with van der Waals surface area (Å²) < 4.78 is 0. The van der Waals surface area contributed by atoms with E-state index in [9.17, 15) is 4.79 Å². The lowest BCUT2D eigenvalue weighted by Gasteiger charge is -2.20. The Balaban J connectivity index is 2.55. The number of hydrogen-bond donors (Lipinski definition) is 1. The molecule has 0 radical (unpaired) electrons. The normalized spacial score (nSPS) is 20.1. The van der Waals surface area contributed by atoms with Gasteiger partial charge in [0.2, 0.25) is 5.91 Å². The topological polar surface area (TPSA) is 32.3 Å². The van der Waals surface area contributed by atoms with Crippen molar-refractivity contribution in [2.75, 3.05) is 17.3 Å². The molecule has 3 heteroatoms. The number of rotatable bonds is 1. The second kappa shape index (κ2) is 4.16. The Morgan fingerprint density at radius 3 is 2.94 bits per heavy atom. The zero-order valence-electron chi connectivity index (χ0n) is 10.1. The third-order valence-electron chi connectivity index (χ3n) is 3.09. The fourth-order valence-electron chi connectivity index (χ4n) is 2.23. The summed E-state index contributed by atoms with van der Waals surface area (Å²) in [5.41, 5.74) is 3.33. The van der Waals surface area contributed by atoms with Crippen LogP contribution in [0.15, 0.2) is 18.2 Å². The van der Waals surface area contributed by atoms with Crippen molar-refractivity contribution in [3.63, 3.8) is 0 Å². The number of fused-ring (bicyclic) bond motifs is 1. The molecule has 1 unspecified atom stereocenters. The quantitative estimate of drug-likeness (QED) is 0.785. The number of aryl methyl sites for hydroxylation is 1. The number of anilines is 2. The molecular weight excluding hydrogens is 200 g/mol. The number of nitrogens with one attached hydrogen (secondary N) is 1. The molecule has 0 spiro atoms. The number of hydrogen-bond acceptors (Lipinski definition) is 2. The molecule has 0 aromatic heterocycles. The van der Waals surface area contributed by atoms with E-state index in [2.05, 4.69) is 18.3 Å². The van der Waals surface area contributed by atoms with E-state index in [1.54, 1.807) is 4.90 Å². The molecule has 1 amide bonds. The van der Waals surface area contributed by atoms with Crippen molar-refractivity contribution in [2.45, 2.75) is 32.7 Å². The van der Waals surface area contributed by atoms with Crippen LogP contribution in [0.5, 0.6) is 0 Å². The zero-order chi connectivity index (χ0) is 11.7. The first-order chi connectivity index (χ1) is 7.63. The Kier molecular flexibility index (Phi) is 2.86. The second-order valence-electron chi connectivity index (χ2n) is 4.37. The number of nitrogens with zero attached hydrogens (tertiary/aromatic N) is 1. The Hall–Kier alpha value is -1.51. The monoisotopic (exact) mass is 218 g/mol. The molecule has 0 saturated carbocycles. The van der Waals surface area contributed by atoms with Crippen LogP contribution in [0.2, 0.25) is 0 Å². The highest BCUT2D eigenvalue weighted by Crippen LogP contribution is 2.33. The number of carbonyl (C=O) groups excluding carboxylic acids is 1. The van der Waals surface area contributed by atoms with Crippen molar-refractivity contribution in [1.82, 2.24) is 0 Å². The van der Waals surface area contributed by atoms with Crippen LogP contribution in [0.25, 0.3) is 0 Å². The van der Waals surface area contributed by atoms with Crippen LogP contribution in [0.3, 0.4) is 0 Å². The summed E-state index contributed by atoms with van der Waals surface area (Å²) in [5.74, 6) is 0.180. The zero-order valence-corrected chi connectivity index (χ0v) is 10.1. The lowest BCUT2D eigenvalue weighted by molar-refractivity contribution is -0.118. The molecule has 0 saturated heterocycles. The van der Waals surface area contributed by atoms with Gasteiger partial charge in [0, 0.05) is 19.5 Å². The minimum atomic E-state index is 0.180. The van der Waals surface area contributed by atoms with Gasteiger partial charge in [-0.05, 0) is 25.0 Å². The van der Waals surface area contributed by atoms with Gasteiger partial charge in [-0.25, -0.2) is 0 Å². The van der Waals surface area contributed by atoms with Crippen LogP contribution in [0, 0.1) is 0 Å². The molecule has 1 atom stereocenters. The predicted molar refractivity (Wildman–Crippen MR) is 66.9 cm³/mol. The molecule has 0 aliphatic carbocycles. The van der Waals surface area contributed by atoms with Crippen molar-refractivity contribution >= 4 is 17.3 Å². The standard InChI is InChI=1S/C13H18N2O/c1-4-10-6-5-7-11-13(10)15(3)12(16)8-9(2)14-11/h5-7,9,14H,4,8H2,1-3H3. The predicted octanol–water partition coefficient (Wildman–Crippen LogP) is 2.42. The largest absolute Gasteiger partial charge is 0.380 e. The van der Waals surface area contributed by atoms with E-state index in [-0.39, 0.29) is 11.9 Å². The van der Waals surface area contributed by atoms with Gasteiger partial charge in [-0.1, -0.05) is 19.1 Å². The van der Waals surface area contributed by atoms with Gasteiger partial charge in [-0.2, -0.15) is 0 Å². The Morgan fingerprint density at radius 2 is 2.25 bits per heavy atom. The summed E-state index contributed by atoms with van der Waals surface area (Å²) in [7, 11) is 1.86. The van der Waals surface area contributed by atoms with Crippen LogP contribution >= 0.6 is 0 Å². The van der Waals surface area contributed by atoms with Gasteiger partial charge >= 0.3 is 0 Å². The minimum absolute atomic E-state index is 0.180. The molecule has 0 bridgehead atoms. The van der Waals surface area contributed by atoms with Crippen LogP contribution in [0.4, 0.5) is 11.4 Å². The third kappa shape index (κ3) is 1.77. The number of carbonyl (C=O) groups is 1. The highest BCUT2D eigenvalue weighted by Gasteiger charge is 2.23. The molecule has 1 aliphatic rings. The van der Waals surface area contributed by atoms with Gasteiger partial charge in [0.25, 0.3) is 0 Å². The fraction of sp³-hybridized carbons (Fsp3) is 0.462. The molecule has 16 heavy (non-hydrogen) atoms. The van der Waals surface area contributed by atoms with E-state index in [0.29, 0.717) is 6.42 Å². The summed E-state index contributed by atoms with van der Waals surface area (Å²) in [6, 6.07) is 6.37. The van der Waals surface area contributed by atoms with Crippen molar-refractivity contribution < 1.29 is 4.79 Å². The first-order valence-corrected chi connectivity index (χ1v) is 5.78. The summed E-state index contributed by atoms with van der Waals surface area (Å²) in [5, 5.41) is 3.40. The smallest absolute Gasteiger partial charge is 0.228 e. The maximum absolute atomic E-state index is 11.9. The third-order valence-corrected chi connectivity index (χ3v) is 3.09. The second-order valence-corrected chi connectivity index (χ2v) is 4.37. The Bertz CT molecular complexity index is 414. The summed E-state index contributed by atoms with van der Waals surface area (Å²) >= 11 is 0. The van der Waals surface area contributed by atoms with Gasteiger partial charge in [0.05, 0.1) is 11.4 Å². The maximum Gasteiger partial charge on any atom is 0.228 e. The Morgan fingerprint density at radius 1 is 1.50 bits per heavy atom. The first-order valence-electron chi connectivity index (χ1n) is 5.78. The molecule has 1 heterocycles. The average Bonchev–Trinajstić information content (AvgIpc) is 2.36. The van der Waals surface area contributed by atoms with Crippen molar-refractivity contribution in [3.05, 3.63) is 23.8 Å². The van der Waals surface area contributed by atoms with E-state index in [1.807, 2.05) is 26.1 Å². The van der Waals surface area contributed by atoms with Crippen molar-refractivity contribution in [2.24, 2.45) is 0 Å². The molecule has 2 rings (SSSR count). The summed E-state index contributed by atoms with van der Waals surface area (Å²) in [4.78, 5) is 13.7. The minimum Gasteiger partial charge on any atom is -0.380 e. The molecule has 86 valence electrons. The fourth-order valence-corrected chi connectivity index (χ4v) is 2.23. The number of para-hydroxylation sites is 1. The molecule has 1 N–H and O–H groups in total. The van der Waals surface area contributed by atoms with Gasteiger partial charge in [0.15, 0.2) is 0 Å². The molecule has 3 nitrogen and oxygen atoms in total. The first kappa shape index (κ1) is 11.0. The van der Waals surface area contributed by atoms with E-state index >= 15 is 0 Å². The lowest BCUT2D eigenvalue weighted by Crippen LogP contribution is -2.27. The number of benzene rings is 1. The van der Waals surface area contributed by atoms with Crippen LogP contribution in [-0.2, 0) is 11.2 Å². The molecule has 1 aliphatic heterocycles. The lowest BCUT2D eigenvalue weighted by atomic mass is 10.1. The van der Waals surface area contributed by atoms with E-state index in [1.165, 1.54) is 5.56 Å². The average molecular weight is 218 g/mol. The SMILES string of the molecule is CCc1cccc2c1N(C)C(=O)CC(C)N2. The Labute approximate surface area is 96.5 Å². The van der Waals surface area contributed by atoms with Crippen LogP contribution < -0.4 is 10.2 Å². The van der Waals surface area contributed by atoms with Crippen LogP contribution in [-0.4, -0.2) is 19.0 Å². The summed E-state index contributed by atoms with van der Waals surface area (Å²) in [6.07, 6.45) is 1.49. The molecule has 1 aromatic rings. The highest BCUT2D eigenvalue weighted by molar-refractivity contribution is 5.99.